The number of rotatable bonds is 12. The molecular weight excluding hydrogens is 768 g/mol. The summed E-state index contributed by atoms with van der Waals surface area (Å²) in [5.74, 6) is 2.31. The van der Waals surface area contributed by atoms with Gasteiger partial charge in [-0.2, -0.15) is 0 Å². The lowest BCUT2D eigenvalue weighted by Crippen LogP contribution is -2.33. The van der Waals surface area contributed by atoms with Gasteiger partial charge in [-0.25, -0.2) is 0 Å². The second-order valence-corrected chi connectivity index (χ2v) is 13.1. The van der Waals surface area contributed by atoms with Crippen LogP contribution in [0.15, 0.2) is 72.8 Å². The molecule has 0 saturated carbocycles. The number of carbonyl (C=O) groups is 2. The monoisotopic (exact) mass is 819 g/mol. The average Bonchev–Trinajstić information content (AvgIpc) is 2.96. The molecule has 2 N–H and O–H groups in total. The van der Waals surface area contributed by atoms with Crippen LogP contribution in [0.5, 0.6) is 11.5 Å². The van der Waals surface area contributed by atoms with Gasteiger partial charge in [0.25, 0.3) is 0 Å². The van der Waals surface area contributed by atoms with Gasteiger partial charge in [0.2, 0.25) is 11.8 Å². The normalized spacial score (nSPS) is 13.5. The maximum Gasteiger partial charge on any atom is 0.245 e. The third kappa shape index (κ3) is 20.5. The van der Waals surface area contributed by atoms with Gasteiger partial charge in [-0.3, -0.25) is 9.59 Å². The molecule has 7 nitrogen and oxygen atoms in total. The minimum Gasteiger partial charge on any atom is -0.490 e. The third-order valence-electron chi connectivity index (χ3n) is 6.24. The van der Waals surface area contributed by atoms with E-state index in [0.717, 1.165) is 30.8 Å². The molecule has 0 spiro atoms. The van der Waals surface area contributed by atoms with Crippen LogP contribution in [0.4, 0.5) is 0 Å². The molecule has 0 aliphatic rings. The Labute approximate surface area is 287 Å². The van der Waals surface area contributed by atoms with Crippen LogP contribution in [0.2, 0.25) is 0 Å². The molecule has 2 amide bonds. The van der Waals surface area contributed by atoms with Crippen molar-refractivity contribution in [1.82, 2.24) is 9.80 Å². The maximum absolute atomic E-state index is 11.4. The van der Waals surface area contributed by atoms with E-state index in [0.29, 0.717) is 5.92 Å². The molecule has 0 radical (unpaired) electrons. The van der Waals surface area contributed by atoms with Crippen molar-refractivity contribution in [1.29, 1.82) is 0 Å². The van der Waals surface area contributed by atoms with E-state index in [1.807, 2.05) is 81.5 Å². The largest absolute Gasteiger partial charge is 0.490 e. The highest BCUT2D eigenvalue weighted by Crippen LogP contribution is 2.20. The van der Waals surface area contributed by atoms with Gasteiger partial charge < -0.3 is 25.0 Å². The molecule has 2 aromatic rings. The highest BCUT2D eigenvalue weighted by atomic mass is 127. The lowest BCUT2D eigenvalue weighted by Gasteiger charge is -2.21. The third-order valence-corrected chi connectivity index (χ3v) is 7.68. The highest BCUT2D eigenvalue weighted by molar-refractivity contribution is 14.1. The van der Waals surface area contributed by atoms with Crippen molar-refractivity contribution >= 4 is 57.0 Å². The van der Waals surface area contributed by atoms with Crippen LogP contribution in [0.25, 0.3) is 0 Å². The van der Waals surface area contributed by atoms with Crippen molar-refractivity contribution in [3.05, 3.63) is 80.0 Å². The number of ether oxygens (including phenoxy) is 2. The molecule has 0 bridgehead atoms. The molecule has 0 saturated heterocycles. The maximum atomic E-state index is 11.4. The van der Waals surface area contributed by atoms with Crippen LogP contribution in [-0.2, 0) is 9.59 Å². The van der Waals surface area contributed by atoms with Crippen molar-refractivity contribution in [2.24, 2.45) is 11.7 Å². The van der Waals surface area contributed by atoms with E-state index in [2.05, 4.69) is 59.0 Å². The summed E-state index contributed by atoms with van der Waals surface area (Å²) >= 11 is 4.54. The van der Waals surface area contributed by atoms with Gasteiger partial charge in [0, 0.05) is 41.4 Å². The van der Waals surface area contributed by atoms with Crippen molar-refractivity contribution in [3.63, 3.8) is 0 Å². The summed E-state index contributed by atoms with van der Waals surface area (Å²) in [5, 5.41) is 0. The molecule has 240 valence electrons. The first-order valence-electron chi connectivity index (χ1n) is 14.5. The Bertz CT molecular complexity index is 1100. The molecule has 4 atom stereocenters. The predicted octanol–water partition coefficient (Wildman–Crippen LogP) is 7.57. The van der Waals surface area contributed by atoms with E-state index < -0.39 is 0 Å². The predicted molar refractivity (Wildman–Crippen MR) is 197 cm³/mol. The number of benzene rings is 2. The topological polar surface area (TPSA) is 85.1 Å². The number of allylic oxidation sites excluding steroid dienone is 2. The molecule has 0 fully saturated rings. The van der Waals surface area contributed by atoms with Crippen molar-refractivity contribution in [2.75, 3.05) is 28.2 Å². The first-order chi connectivity index (χ1) is 20.2. The van der Waals surface area contributed by atoms with Gasteiger partial charge in [-0.1, -0.05) is 26.0 Å². The summed E-state index contributed by atoms with van der Waals surface area (Å²) < 4.78 is 14.0. The fraction of sp³-hybridized carbons (Fsp3) is 0.471. The standard InChI is InChI=1S/C17H24INO2.C10H14INO.C7H13NO/c1-13(7-5-6-8-17(20)19(3)4)14(2)21-16-11-9-15(18)10-12-16;1-7(12)8(2)13-10-5-3-9(11)4-6-10;1-4-5-6-7(9)8(2)3/h6,8-14H,5,7H2,1-4H3;3-8H,12H2,1-2H3;5-6H,4H2,1-3H3/b8-6+;;6-5+. The Morgan fingerprint density at radius 1 is 0.744 bits per heavy atom. The molecule has 43 heavy (non-hydrogen) atoms. The zero-order valence-electron chi connectivity index (χ0n) is 27.2. The molecule has 4 unspecified atom stereocenters. The van der Waals surface area contributed by atoms with Crippen molar-refractivity contribution < 1.29 is 19.1 Å². The zero-order chi connectivity index (χ0) is 32.9. The number of hydrogen-bond donors (Lipinski definition) is 1. The molecule has 0 aliphatic heterocycles. The smallest absolute Gasteiger partial charge is 0.245 e. The second kappa shape index (κ2) is 23.3. The van der Waals surface area contributed by atoms with Crippen LogP contribution in [0.1, 0.15) is 53.9 Å². The number of amides is 2. The Morgan fingerprint density at radius 2 is 1.14 bits per heavy atom. The van der Waals surface area contributed by atoms with Crippen molar-refractivity contribution in [2.45, 2.75) is 72.1 Å². The van der Waals surface area contributed by atoms with Crippen LogP contribution in [0.3, 0.4) is 0 Å². The molecule has 0 heterocycles. The number of likely N-dealkylation sites (N-methyl/N-ethyl adjacent to an activating group) is 2. The summed E-state index contributed by atoms with van der Waals surface area (Å²) in [5.41, 5.74) is 5.69. The van der Waals surface area contributed by atoms with Gasteiger partial charge in [-0.05, 0) is 152 Å². The van der Waals surface area contributed by atoms with Crippen molar-refractivity contribution in [3.8, 4) is 11.5 Å². The molecular formula is C34H51I2N3O4. The average molecular weight is 820 g/mol. The lowest BCUT2D eigenvalue weighted by atomic mass is 10.00. The summed E-state index contributed by atoms with van der Waals surface area (Å²) in [4.78, 5) is 25.3. The van der Waals surface area contributed by atoms with E-state index in [-0.39, 0.29) is 30.1 Å². The number of halogens is 2. The minimum absolute atomic E-state index is 0.0332. The summed E-state index contributed by atoms with van der Waals surface area (Å²) in [6.07, 6.45) is 10.0. The number of nitrogens with zero attached hydrogens (tertiary/aromatic N) is 2. The highest BCUT2D eigenvalue weighted by Gasteiger charge is 2.13. The van der Waals surface area contributed by atoms with E-state index in [1.165, 1.54) is 7.14 Å². The minimum atomic E-state index is 0.0332. The van der Waals surface area contributed by atoms with E-state index in [1.54, 1.807) is 50.1 Å². The Kier molecular flexibility index (Phi) is 22.1. The first kappa shape index (κ1) is 40.9. The Balaban J connectivity index is 0.000000682. The quantitative estimate of drug-likeness (QED) is 0.177. The Morgan fingerprint density at radius 3 is 1.51 bits per heavy atom. The van der Waals surface area contributed by atoms with E-state index in [9.17, 15) is 9.59 Å². The van der Waals surface area contributed by atoms with Crippen LogP contribution >= 0.6 is 45.2 Å². The van der Waals surface area contributed by atoms with Gasteiger partial charge in [0.15, 0.2) is 0 Å². The number of carbonyl (C=O) groups excluding carboxylic acids is 2. The van der Waals surface area contributed by atoms with Crippen LogP contribution in [-0.4, -0.2) is 68.1 Å². The molecule has 0 aliphatic carbocycles. The summed E-state index contributed by atoms with van der Waals surface area (Å²) in [7, 11) is 6.99. The van der Waals surface area contributed by atoms with Crippen LogP contribution < -0.4 is 15.2 Å². The number of hydrogen-bond acceptors (Lipinski definition) is 5. The summed E-state index contributed by atoms with van der Waals surface area (Å²) in [6.45, 7) is 10.2. The second-order valence-electron chi connectivity index (χ2n) is 10.6. The fourth-order valence-corrected chi connectivity index (χ4v) is 3.69. The molecule has 2 rings (SSSR count). The first-order valence-corrected chi connectivity index (χ1v) is 16.7. The van der Waals surface area contributed by atoms with Gasteiger partial charge in [0.05, 0.1) is 6.10 Å². The Hall–Kier alpha value is -2.12. The van der Waals surface area contributed by atoms with E-state index in [4.69, 9.17) is 15.2 Å². The summed E-state index contributed by atoms with van der Waals surface area (Å²) in [6, 6.07) is 16.1. The van der Waals surface area contributed by atoms with Gasteiger partial charge in [0.1, 0.15) is 17.6 Å². The lowest BCUT2D eigenvalue weighted by molar-refractivity contribution is -0.124. The number of nitrogens with two attached hydrogens (primary N) is 1. The molecule has 9 heteroatoms. The van der Waals surface area contributed by atoms with Crippen LogP contribution in [0, 0.1) is 13.1 Å². The zero-order valence-corrected chi connectivity index (χ0v) is 31.5. The SMILES string of the molecule is CC(CC/C=C/C(=O)N(C)C)C(C)Oc1ccc(I)cc1.CC(N)C(C)Oc1ccc(I)cc1.CC/C=C/C(=O)N(C)C. The van der Waals surface area contributed by atoms with Gasteiger partial charge in [-0.15, -0.1) is 0 Å². The molecule has 2 aromatic carbocycles. The van der Waals surface area contributed by atoms with E-state index >= 15 is 0 Å². The fourth-order valence-electron chi connectivity index (χ4n) is 2.97. The molecule has 0 aromatic heterocycles. The van der Waals surface area contributed by atoms with Gasteiger partial charge >= 0.3 is 0 Å².